The van der Waals surface area contributed by atoms with E-state index in [-0.39, 0.29) is 5.82 Å². The summed E-state index contributed by atoms with van der Waals surface area (Å²) in [5, 5.41) is 3.19. The van der Waals surface area contributed by atoms with Crippen LogP contribution in [-0.2, 0) is 15.9 Å². The van der Waals surface area contributed by atoms with Crippen molar-refractivity contribution in [3.63, 3.8) is 0 Å². The van der Waals surface area contributed by atoms with E-state index in [1.807, 2.05) is 0 Å². The Morgan fingerprint density at radius 1 is 1.15 bits per heavy atom. The first-order chi connectivity index (χ1) is 9.69. The van der Waals surface area contributed by atoms with Gasteiger partial charge in [-0.2, -0.15) is 0 Å². The molecule has 0 atom stereocenters. The second kappa shape index (κ2) is 10.1. The van der Waals surface area contributed by atoms with E-state index in [0.717, 1.165) is 18.7 Å². The predicted octanol–water partition coefficient (Wildman–Crippen LogP) is 2.39. The molecule has 4 nitrogen and oxygen atoms in total. The Bertz CT molecular complexity index is 404. The number of ether oxygens (including phenoxy) is 3. The summed E-state index contributed by atoms with van der Waals surface area (Å²) >= 11 is 3.17. The highest BCUT2D eigenvalue weighted by Crippen LogP contribution is 2.26. The van der Waals surface area contributed by atoms with Crippen molar-refractivity contribution in [1.29, 1.82) is 0 Å². The van der Waals surface area contributed by atoms with Crippen LogP contribution in [0.1, 0.15) is 5.56 Å². The predicted molar refractivity (Wildman–Crippen MR) is 79.9 cm³/mol. The molecular formula is C14H21BrFNO3. The van der Waals surface area contributed by atoms with Crippen LogP contribution in [0.3, 0.4) is 0 Å². The SMILES string of the molecule is COCCNCCOCCc1cc(Br)c(F)cc1OC. The van der Waals surface area contributed by atoms with Crippen LogP contribution < -0.4 is 10.1 Å². The second-order valence-corrected chi connectivity index (χ2v) is 5.04. The maximum atomic E-state index is 13.4. The fourth-order valence-electron chi connectivity index (χ4n) is 1.68. The average molecular weight is 350 g/mol. The molecule has 1 aromatic carbocycles. The summed E-state index contributed by atoms with van der Waals surface area (Å²) in [4.78, 5) is 0. The Labute approximate surface area is 127 Å². The van der Waals surface area contributed by atoms with E-state index in [2.05, 4.69) is 21.2 Å². The zero-order valence-electron chi connectivity index (χ0n) is 11.9. The smallest absolute Gasteiger partial charge is 0.141 e. The van der Waals surface area contributed by atoms with Gasteiger partial charge in [-0.15, -0.1) is 0 Å². The van der Waals surface area contributed by atoms with Crippen LogP contribution in [-0.4, -0.2) is 47.1 Å². The molecule has 0 aromatic heterocycles. The van der Waals surface area contributed by atoms with Crippen molar-refractivity contribution < 1.29 is 18.6 Å². The van der Waals surface area contributed by atoms with Gasteiger partial charge in [0.1, 0.15) is 11.6 Å². The van der Waals surface area contributed by atoms with Gasteiger partial charge in [0.25, 0.3) is 0 Å². The summed E-state index contributed by atoms with van der Waals surface area (Å²) in [7, 11) is 3.21. The summed E-state index contributed by atoms with van der Waals surface area (Å²) in [6.45, 7) is 3.50. The molecule has 114 valence electrons. The summed E-state index contributed by atoms with van der Waals surface area (Å²) in [5.74, 6) is 0.224. The minimum absolute atomic E-state index is 0.325. The summed E-state index contributed by atoms with van der Waals surface area (Å²) in [6.07, 6.45) is 0.681. The first kappa shape index (κ1) is 17.4. The largest absolute Gasteiger partial charge is 0.496 e. The van der Waals surface area contributed by atoms with E-state index >= 15 is 0 Å². The molecule has 0 amide bonds. The summed E-state index contributed by atoms with van der Waals surface area (Å²) < 4.78 is 29.4. The van der Waals surface area contributed by atoms with Crippen molar-refractivity contribution >= 4 is 15.9 Å². The molecule has 0 aliphatic heterocycles. The molecule has 0 unspecified atom stereocenters. The normalized spacial score (nSPS) is 10.8. The highest BCUT2D eigenvalue weighted by atomic mass is 79.9. The van der Waals surface area contributed by atoms with E-state index in [9.17, 15) is 4.39 Å². The number of methoxy groups -OCH3 is 2. The van der Waals surface area contributed by atoms with Crippen LogP contribution >= 0.6 is 15.9 Å². The maximum absolute atomic E-state index is 13.4. The Morgan fingerprint density at radius 3 is 2.60 bits per heavy atom. The Balaban J connectivity index is 2.26. The fourth-order valence-corrected chi connectivity index (χ4v) is 2.07. The molecule has 6 heteroatoms. The highest BCUT2D eigenvalue weighted by molar-refractivity contribution is 9.10. The second-order valence-electron chi connectivity index (χ2n) is 4.18. The molecular weight excluding hydrogens is 329 g/mol. The van der Waals surface area contributed by atoms with E-state index in [4.69, 9.17) is 14.2 Å². The van der Waals surface area contributed by atoms with E-state index in [1.165, 1.54) is 13.2 Å². The number of halogens is 2. The van der Waals surface area contributed by atoms with Gasteiger partial charge in [-0.1, -0.05) is 0 Å². The molecule has 0 heterocycles. The number of hydrogen-bond donors (Lipinski definition) is 1. The molecule has 1 rings (SSSR count). The van der Waals surface area contributed by atoms with Crippen LogP contribution in [0.25, 0.3) is 0 Å². The lowest BCUT2D eigenvalue weighted by Crippen LogP contribution is -2.23. The van der Waals surface area contributed by atoms with Crippen molar-refractivity contribution in [2.75, 3.05) is 47.1 Å². The van der Waals surface area contributed by atoms with Gasteiger partial charge in [0.05, 0.1) is 31.4 Å². The lowest BCUT2D eigenvalue weighted by atomic mass is 10.1. The maximum Gasteiger partial charge on any atom is 0.141 e. The van der Waals surface area contributed by atoms with Gasteiger partial charge >= 0.3 is 0 Å². The molecule has 0 saturated carbocycles. The van der Waals surface area contributed by atoms with E-state index in [0.29, 0.717) is 36.5 Å². The molecule has 0 aliphatic carbocycles. The third kappa shape index (κ3) is 6.17. The number of hydrogen-bond acceptors (Lipinski definition) is 4. The van der Waals surface area contributed by atoms with Crippen LogP contribution in [0.4, 0.5) is 4.39 Å². The lowest BCUT2D eigenvalue weighted by Gasteiger charge is -2.10. The van der Waals surface area contributed by atoms with Gasteiger partial charge in [-0.3, -0.25) is 0 Å². The zero-order chi connectivity index (χ0) is 14.8. The van der Waals surface area contributed by atoms with Crippen molar-refractivity contribution in [2.45, 2.75) is 6.42 Å². The van der Waals surface area contributed by atoms with Crippen molar-refractivity contribution in [2.24, 2.45) is 0 Å². The molecule has 20 heavy (non-hydrogen) atoms. The van der Waals surface area contributed by atoms with Gasteiger partial charge in [0.2, 0.25) is 0 Å². The fraction of sp³-hybridized carbons (Fsp3) is 0.571. The average Bonchev–Trinajstić information content (AvgIpc) is 2.45. The highest BCUT2D eigenvalue weighted by Gasteiger charge is 2.08. The molecule has 0 fully saturated rings. The third-order valence-electron chi connectivity index (χ3n) is 2.75. The standard InChI is InChI=1S/C14H21BrFNO3/c1-18-7-4-17-5-8-20-6-3-11-9-12(15)13(16)10-14(11)19-2/h9-10,17H,3-8H2,1-2H3. The zero-order valence-corrected chi connectivity index (χ0v) is 13.5. The number of benzene rings is 1. The molecule has 0 saturated heterocycles. The minimum atomic E-state index is -0.325. The van der Waals surface area contributed by atoms with Crippen LogP contribution in [0.5, 0.6) is 5.75 Å². The van der Waals surface area contributed by atoms with Gasteiger partial charge in [0, 0.05) is 26.3 Å². The van der Waals surface area contributed by atoms with E-state index < -0.39 is 0 Å². The van der Waals surface area contributed by atoms with Gasteiger partial charge in [-0.25, -0.2) is 4.39 Å². The quantitative estimate of drug-likeness (QED) is 0.658. The molecule has 0 aliphatic rings. The number of rotatable bonds is 10. The van der Waals surface area contributed by atoms with Crippen LogP contribution in [0, 0.1) is 5.82 Å². The van der Waals surface area contributed by atoms with Crippen molar-refractivity contribution in [3.8, 4) is 5.75 Å². The first-order valence-electron chi connectivity index (χ1n) is 6.48. The summed E-state index contributed by atoms with van der Waals surface area (Å²) in [6, 6.07) is 3.11. The van der Waals surface area contributed by atoms with Crippen LogP contribution in [0.15, 0.2) is 16.6 Å². The Hall–Kier alpha value is -0.690. The molecule has 1 aromatic rings. The summed E-state index contributed by atoms with van der Waals surface area (Å²) in [5.41, 5.74) is 0.924. The van der Waals surface area contributed by atoms with Crippen molar-refractivity contribution in [1.82, 2.24) is 5.32 Å². The number of nitrogens with one attached hydrogen (secondary N) is 1. The topological polar surface area (TPSA) is 39.7 Å². The Kier molecular flexibility index (Phi) is 8.77. The lowest BCUT2D eigenvalue weighted by molar-refractivity contribution is 0.135. The van der Waals surface area contributed by atoms with Crippen LogP contribution in [0.2, 0.25) is 0 Å². The third-order valence-corrected chi connectivity index (χ3v) is 3.35. The monoisotopic (exact) mass is 349 g/mol. The molecule has 0 bridgehead atoms. The molecule has 1 N–H and O–H groups in total. The molecule has 0 spiro atoms. The van der Waals surface area contributed by atoms with Gasteiger partial charge in [-0.05, 0) is 34.0 Å². The van der Waals surface area contributed by atoms with Crippen molar-refractivity contribution in [3.05, 3.63) is 28.0 Å². The molecule has 0 radical (unpaired) electrons. The Morgan fingerprint density at radius 2 is 1.90 bits per heavy atom. The van der Waals surface area contributed by atoms with Gasteiger partial charge < -0.3 is 19.5 Å². The van der Waals surface area contributed by atoms with E-state index in [1.54, 1.807) is 13.2 Å². The minimum Gasteiger partial charge on any atom is -0.496 e. The first-order valence-corrected chi connectivity index (χ1v) is 7.27. The van der Waals surface area contributed by atoms with Gasteiger partial charge in [0.15, 0.2) is 0 Å².